The van der Waals surface area contributed by atoms with Gasteiger partial charge in [-0.1, -0.05) is 6.07 Å². The normalized spacial score (nSPS) is 13.0. The van der Waals surface area contributed by atoms with Gasteiger partial charge in [0.05, 0.1) is 24.5 Å². The van der Waals surface area contributed by atoms with Crippen LogP contribution in [0.15, 0.2) is 29.2 Å². The molecule has 1 aromatic carbocycles. The fraction of sp³-hybridized carbons (Fsp3) is 0.350. The van der Waals surface area contributed by atoms with E-state index in [0.29, 0.717) is 35.8 Å². The van der Waals surface area contributed by atoms with Gasteiger partial charge in [-0.25, -0.2) is 4.79 Å². The van der Waals surface area contributed by atoms with Crippen molar-refractivity contribution >= 4 is 51.6 Å². The number of benzene rings is 1. The fourth-order valence-corrected chi connectivity index (χ4v) is 5.13. The first-order valence-electron chi connectivity index (χ1n) is 9.24. The molecular weight excluding hydrogens is 410 g/mol. The minimum absolute atomic E-state index is 0.00847. The van der Waals surface area contributed by atoms with Gasteiger partial charge >= 0.3 is 5.97 Å². The number of carbonyl (C=O) groups excluding carboxylic acids is 3. The van der Waals surface area contributed by atoms with Gasteiger partial charge in [-0.05, 0) is 37.1 Å². The summed E-state index contributed by atoms with van der Waals surface area (Å²) in [5, 5.41) is 3.34. The Kier molecular flexibility index (Phi) is 6.81. The number of thiophene rings is 1. The van der Waals surface area contributed by atoms with Gasteiger partial charge in [-0.3, -0.25) is 9.59 Å². The molecule has 3 N–H and O–H groups in total. The molecule has 1 aromatic heterocycles. The largest absolute Gasteiger partial charge is 0.462 e. The van der Waals surface area contributed by atoms with E-state index in [2.05, 4.69) is 5.32 Å². The molecule has 1 aliphatic heterocycles. The van der Waals surface area contributed by atoms with Gasteiger partial charge in [0, 0.05) is 28.9 Å². The number of fused-ring (bicyclic) bond motifs is 1. The topological polar surface area (TPSA) is 102 Å². The second kappa shape index (κ2) is 9.32. The molecule has 0 radical (unpaired) electrons. The molecular formula is C20H23N3O4S2. The van der Waals surface area contributed by atoms with E-state index in [4.69, 9.17) is 10.5 Å². The van der Waals surface area contributed by atoms with Crippen LogP contribution in [-0.4, -0.2) is 41.6 Å². The number of esters is 1. The van der Waals surface area contributed by atoms with Crippen molar-refractivity contribution in [1.82, 2.24) is 4.90 Å². The minimum Gasteiger partial charge on any atom is -0.462 e. The Bertz CT molecular complexity index is 942. The number of nitrogens with two attached hydrogens (primary N) is 1. The highest BCUT2D eigenvalue weighted by Gasteiger charge is 2.30. The number of nitrogens with one attached hydrogen (secondary N) is 1. The van der Waals surface area contributed by atoms with E-state index < -0.39 is 5.97 Å². The first-order chi connectivity index (χ1) is 13.9. The van der Waals surface area contributed by atoms with Gasteiger partial charge in [-0.15, -0.1) is 23.1 Å². The summed E-state index contributed by atoms with van der Waals surface area (Å²) in [6.07, 6.45) is 0.563. The Morgan fingerprint density at radius 3 is 2.83 bits per heavy atom. The molecule has 2 amide bonds. The Labute approximate surface area is 177 Å². The van der Waals surface area contributed by atoms with Crippen LogP contribution >= 0.6 is 23.1 Å². The zero-order chi connectivity index (χ0) is 21.0. The van der Waals surface area contributed by atoms with E-state index in [1.165, 1.54) is 30.0 Å². The van der Waals surface area contributed by atoms with E-state index in [9.17, 15) is 14.4 Å². The van der Waals surface area contributed by atoms with Gasteiger partial charge in [0.25, 0.3) is 0 Å². The van der Waals surface area contributed by atoms with Crippen molar-refractivity contribution in [2.45, 2.75) is 31.7 Å². The van der Waals surface area contributed by atoms with Crippen LogP contribution in [0.4, 0.5) is 10.7 Å². The van der Waals surface area contributed by atoms with Crippen LogP contribution in [0.3, 0.4) is 0 Å². The van der Waals surface area contributed by atoms with E-state index in [-0.39, 0.29) is 24.2 Å². The van der Waals surface area contributed by atoms with Crippen LogP contribution in [0.1, 0.15) is 34.6 Å². The number of thioether (sulfide) groups is 1. The number of nitrogen functional groups attached to an aromatic ring is 1. The summed E-state index contributed by atoms with van der Waals surface area (Å²) >= 11 is 2.70. The third kappa shape index (κ3) is 5.10. The van der Waals surface area contributed by atoms with Gasteiger partial charge in [-0.2, -0.15) is 0 Å². The molecule has 0 aliphatic carbocycles. The smallest absolute Gasteiger partial charge is 0.341 e. The van der Waals surface area contributed by atoms with Crippen LogP contribution in [-0.2, 0) is 27.3 Å². The number of anilines is 2. The summed E-state index contributed by atoms with van der Waals surface area (Å²) in [7, 11) is 0. The molecule has 0 saturated carbocycles. The summed E-state index contributed by atoms with van der Waals surface area (Å²) in [4.78, 5) is 40.3. The molecule has 29 heavy (non-hydrogen) atoms. The van der Waals surface area contributed by atoms with Crippen molar-refractivity contribution in [3.63, 3.8) is 0 Å². The van der Waals surface area contributed by atoms with E-state index in [1.54, 1.807) is 17.9 Å². The second-order valence-corrected chi connectivity index (χ2v) is 8.68. The van der Waals surface area contributed by atoms with E-state index in [0.717, 1.165) is 15.3 Å². The molecule has 3 rings (SSSR count). The number of hydrogen-bond donors (Lipinski definition) is 2. The van der Waals surface area contributed by atoms with E-state index >= 15 is 0 Å². The number of ether oxygens (including phenoxy) is 1. The summed E-state index contributed by atoms with van der Waals surface area (Å²) in [6.45, 7) is 4.51. The predicted octanol–water partition coefficient (Wildman–Crippen LogP) is 3.14. The Balaban J connectivity index is 1.77. The first kappa shape index (κ1) is 21.2. The predicted molar refractivity (Wildman–Crippen MR) is 115 cm³/mol. The lowest BCUT2D eigenvalue weighted by Gasteiger charge is -2.25. The van der Waals surface area contributed by atoms with Crippen LogP contribution in [0.25, 0.3) is 0 Å². The molecule has 7 nitrogen and oxygen atoms in total. The quantitative estimate of drug-likeness (QED) is 0.412. The highest BCUT2D eigenvalue weighted by Crippen LogP contribution is 2.38. The standard InChI is InChI=1S/C20H23N3O4S2/c1-3-27-20(26)18-15-7-8-23(12(2)24)10-16(15)29-19(18)22-17(25)11-28-14-6-4-5-13(21)9-14/h4-6,9H,3,7-8,10-11,21H2,1-2H3,(H,22,25). The number of carbonyl (C=O) groups is 3. The highest BCUT2D eigenvalue weighted by atomic mass is 32.2. The molecule has 154 valence electrons. The molecule has 1 aliphatic rings. The Morgan fingerprint density at radius 1 is 1.34 bits per heavy atom. The van der Waals surface area contributed by atoms with E-state index in [1.807, 2.05) is 18.2 Å². The monoisotopic (exact) mass is 433 g/mol. The first-order valence-corrected chi connectivity index (χ1v) is 11.0. The summed E-state index contributed by atoms with van der Waals surface area (Å²) < 4.78 is 5.21. The third-order valence-corrected chi connectivity index (χ3v) is 6.59. The Hall–Kier alpha value is -2.52. The van der Waals surface area contributed by atoms with Gasteiger partial charge in [0.2, 0.25) is 11.8 Å². The maximum Gasteiger partial charge on any atom is 0.341 e. The van der Waals surface area contributed by atoms with Crippen LogP contribution in [0.5, 0.6) is 0 Å². The van der Waals surface area contributed by atoms with Gasteiger partial charge in [0.1, 0.15) is 5.00 Å². The summed E-state index contributed by atoms with van der Waals surface area (Å²) in [6, 6.07) is 7.32. The van der Waals surface area contributed by atoms with Crippen LogP contribution < -0.4 is 11.1 Å². The molecule has 0 unspecified atom stereocenters. The molecule has 2 heterocycles. The maximum atomic E-state index is 12.5. The second-order valence-electron chi connectivity index (χ2n) is 6.53. The molecule has 9 heteroatoms. The highest BCUT2D eigenvalue weighted by molar-refractivity contribution is 8.00. The van der Waals surface area contributed by atoms with Crippen LogP contribution in [0, 0.1) is 0 Å². The fourth-order valence-electron chi connectivity index (χ4n) is 3.10. The van der Waals surface area contributed by atoms with Crippen molar-refractivity contribution in [3.8, 4) is 0 Å². The number of nitrogens with zero attached hydrogens (tertiary/aromatic N) is 1. The van der Waals surface area contributed by atoms with Crippen molar-refractivity contribution in [2.24, 2.45) is 0 Å². The maximum absolute atomic E-state index is 12.5. The lowest BCUT2D eigenvalue weighted by Crippen LogP contribution is -2.34. The number of rotatable bonds is 6. The zero-order valence-electron chi connectivity index (χ0n) is 16.3. The van der Waals surface area contributed by atoms with Gasteiger partial charge < -0.3 is 20.7 Å². The molecule has 0 bridgehead atoms. The van der Waals surface area contributed by atoms with Crippen molar-refractivity contribution in [2.75, 3.05) is 30.0 Å². The average molecular weight is 434 g/mol. The minimum atomic E-state index is -0.444. The van der Waals surface area contributed by atoms with Crippen molar-refractivity contribution < 1.29 is 19.1 Å². The average Bonchev–Trinajstić information content (AvgIpc) is 3.03. The Morgan fingerprint density at radius 2 is 2.14 bits per heavy atom. The lowest BCUT2D eigenvalue weighted by atomic mass is 10.0. The van der Waals surface area contributed by atoms with Gasteiger partial charge in [0.15, 0.2) is 0 Å². The molecule has 0 fully saturated rings. The van der Waals surface area contributed by atoms with Crippen LogP contribution in [0.2, 0.25) is 0 Å². The molecule has 0 saturated heterocycles. The zero-order valence-corrected chi connectivity index (χ0v) is 18.0. The number of hydrogen-bond acceptors (Lipinski definition) is 7. The third-order valence-electron chi connectivity index (χ3n) is 4.46. The lowest BCUT2D eigenvalue weighted by molar-refractivity contribution is -0.129. The molecule has 0 spiro atoms. The van der Waals surface area contributed by atoms with Crippen molar-refractivity contribution in [3.05, 3.63) is 40.3 Å². The molecule has 0 atom stereocenters. The summed E-state index contributed by atoms with van der Waals surface area (Å²) in [5.41, 5.74) is 7.69. The number of amides is 2. The summed E-state index contributed by atoms with van der Waals surface area (Å²) in [5.74, 6) is -0.482. The SMILES string of the molecule is CCOC(=O)c1c(NC(=O)CSc2cccc(N)c2)sc2c1CCN(C(C)=O)C2. The van der Waals surface area contributed by atoms with Crippen molar-refractivity contribution in [1.29, 1.82) is 0 Å². The molecule has 2 aromatic rings.